The lowest BCUT2D eigenvalue weighted by molar-refractivity contribution is 0.0650. The second-order valence-electron chi connectivity index (χ2n) is 6.78. The maximum atomic E-state index is 13.3. The van der Waals surface area contributed by atoms with Gasteiger partial charge in [-0.3, -0.25) is 4.79 Å². The highest BCUT2D eigenvalue weighted by Gasteiger charge is 2.38. The fraction of sp³-hybridized carbons (Fsp3) is 0.263. The number of halogens is 2. The molecule has 1 unspecified atom stereocenters. The number of H-pyrrole nitrogens is 1. The quantitative estimate of drug-likeness (QED) is 0.571. The molecule has 0 radical (unpaired) electrons. The van der Waals surface area contributed by atoms with Crippen molar-refractivity contribution in [3.8, 4) is 0 Å². The molecular formula is C19H16F2N6O2. The lowest BCUT2D eigenvalue weighted by Gasteiger charge is -2.33. The summed E-state index contributed by atoms with van der Waals surface area (Å²) >= 11 is 0. The van der Waals surface area contributed by atoms with E-state index in [0.29, 0.717) is 24.4 Å². The van der Waals surface area contributed by atoms with Crippen molar-refractivity contribution in [1.29, 1.82) is 0 Å². The van der Waals surface area contributed by atoms with Crippen LogP contribution in [0.1, 0.15) is 39.4 Å². The number of hydrogen-bond acceptors (Lipinski definition) is 5. The van der Waals surface area contributed by atoms with Crippen LogP contribution < -0.4 is 0 Å². The fourth-order valence-electron chi connectivity index (χ4n) is 3.75. The third kappa shape index (κ3) is 2.96. The Kier molecular flexibility index (Phi) is 4.11. The lowest BCUT2D eigenvalue weighted by Crippen LogP contribution is -2.41. The minimum Gasteiger partial charge on any atom is -0.438 e. The van der Waals surface area contributed by atoms with Crippen LogP contribution in [0.3, 0.4) is 0 Å². The zero-order valence-electron chi connectivity index (χ0n) is 15.1. The number of fused-ring (bicyclic) bond motifs is 2. The van der Waals surface area contributed by atoms with E-state index in [1.807, 2.05) is 30.5 Å². The second kappa shape index (κ2) is 6.80. The summed E-state index contributed by atoms with van der Waals surface area (Å²) in [6.07, 6.45) is 1.71. The van der Waals surface area contributed by atoms with E-state index in [4.69, 9.17) is 4.42 Å². The fourth-order valence-corrected chi connectivity index (χ4v) is 3.75. The standard InChI is InChI=1S/C19H16F2N6O2/c20-15(21)8-14-18(29-10-24-14)19(28)26-6-4-12-16(23-9-22-12)17(26)13-7-11-3-1-2-5-27(11)25-13/h1-3,5,7,9-10,15,17H,4,6,8H2,(H,22,23). The highest BCUT2D eigenvalue weighted by atomic mass is 19.3. The highest BCUT2D eigenvalue weighted by Crippen LogP contribution is 2.34. The third-order valence-electron chi connectivity index (χ3n) is 5.04. The Hall–Kier alpha value is -3.56. The van der Waals surface area contributed by atoms with Crippen molar-refractivity contribution in [2.24, 2.45) is 0 Å². The summed E-state index contributed by atoms with van der Waals surface area (Å²) in [5.41, 5.74) is 3.05. The van der Waals surface area contributed by atoms with Gasteiger partial charge in [-0.05, 0) is 18.2 Å². The first-order chi connectivity index (χ1) is 14.1. The van der Waals surface area contributed by atoms with Crippen LogP contribution in [0.15, 0.2) is 47.6 Å². The number of nitrogens with one attached hydrogen (secondary N) is 1. The van der Waals surface area contributed by atoms with Gasteiger partial charge in [-0.2, -0.15) is 5.10 Å². The van der Waals surface area contributed by atoms with Gasteiger partial charge in [0.2, 0.25) is 12.2 Å². The first-order valence-corrected chi connectivity index (χ1v) is 9.09. The molecule has 0 bridgehead atoms. The van der Waals surface area contributed by atoms with Crippen molar-refractivity contribution in [2.75, 3.05) is 6.54 Å². The monoisotopic (exact) mass is 398 g/mol. The molecule has 5 rings (SSSR count). The number of hydrogen-bond donors (Lipinski definition) is 1. The lowest BCUT2D eigenvalue weighted by atomic mass is 9.99. The van der Waals surface area contributed by atoms with Crippen LogP contribution in [0.5, 0.6) is 0 Å². The number of pyridine rings is 1. The molecule has 0 spiro atoms. The molecule has 1 aliphatic rings. The van der Waals surface area contributed by atoms with Crippen LogP contribution in [0.25, 0.3) is 5.52 Å². The summed E-state index contributed by atoms with van der Waals surface area (Å²) in [5.74, 6) is -0.674. The first kappa shape index (κ1) is 17.5. The molecular weight excluding hydrogens is 382 g/mol. The predicted octanol–water partition coefficient (Wildman–Crippen LogP) is 2.64. The SMILES string of the molecule is O=C(c1ocnc1CC(F)F)N1CCc2[nH]cnc2C1c1cc2ccccn2n1. The van der Waals surface area contributed by atoms with Crippen molar-refractivity contribution in [2.45, 2.75) is 25.3 Å². The van der Waals surface area contributed by atoms with Crippen LogP contribution in [0.4, 0.5) is 8.78 Å². The molecule has 1 N–H and O–H groups in total. The number of aromatic amines is 1. The van der Waals surface area contributed by atoms with Gasteiger partial charge in [0.25, 0.3) is 5.91 Å². The van der Waals surface area contributed by atoms with Gasteiger partial charge >= 0.3 is 0 Å². The molecule has 4 aromatic rings. The van der Waals surface area contributed by atoms with Gasteiger partial charge < -0.3 is 14.3 Å². The molecule has 4 aromatic heterocycles. The zero-order valence-corrected chi connectivity index (χ0v) is 15.1. The van der Waals surface area contributed by atoms with Crippen molar-refractivity contribution >= 4 is 11.4 Å². The van der Waals surface area contributed by atoms with Gasteiger partial charge in [0.05, 0.1) is 35.3 Å². The summed E-state index contributed by atoms with van der Waals surface area (Å²) in [7, 11) is 0. The minimum absolute atomic E-state index is 0.0495. The van der Waals surface area contributed by atoms with E-state index in [0.717, 1.165) is 17.6 Å². The number of oxazole rings is 1. The van der Waals surface area contributed by atoms with Crippen molar-refractivity contribution in [1.82, 2.24) is 29.5 Å². The molecule has 0 saturated heterocycles. The van der Waals surface area contributed by atoms with Gasteiger partial charge in [-0.15, -0.1) is 0 Å². The van der Waals surface area contributed by atoms with Gasteiger partial charge in [0.15, 0.2) is 6.39 Å². The Morgan fingerprint density at radius 2 is 2.24 bits per heavy atom. The molecule has 0 fully saturated rings. The molecule has 0 aromatic carbocycles. The molecule has 0 saturated carbocycles. The van der Waals surface area contributed by atoms with Crippen LogP contribution >= 0.6 is 0 Å². The highest BCUT2D eigenvalue weighted by molar-refractivity contribution is 5.93. The second-order valence-corrected chi connectivity index (χ2v) is 6.78. The Balaban J connectivity index is 1.58. The number of rotatable bonds is 4. The molecule has 1 aliphatic heterocycles. The summed E-state index contributed by atoms with van der Waals surface area (Å²) in [5, 5.41) is 4.60. The Morgan fingerprint density at radius 1 is 1.34 bits per heavy atom. The zero-order chi connectivity index (χ0) is 20.0. The van der Waals surface area contributed by atoms with Crippen LogP contribution in [-0.4, -0.2) is 48.3 Å². The van der Waals surface area contributed by atoms with Gasteiger partial charge in [-0.25, -0.2) is 23.3 Å². The Morgan fingerprint density at radius 3 is 3.07 bits per heavy atom. The maximum Gasteiger partial charge on any atom is 0.292 e. The van der Waals surface area contributed by atoms with Crippen molar-refractivity contribution < 1.29 is 18.0 Å². The van der Waals surface area contributed by atoms with Crippen molar-refractivity contribution in [3.05, 3.63) is 71.7 Å². The number of carbonyl (C=O) groups excluding carboxylic acids is 1. The van der Waals surface area contributed by atoms with E-state index in [9.17, 15) is 13.6 Å². The van der Waals surface area contributed by atoms with Crippen LogP contribution in [0, 0.1) is 0 Å². The first-order valence-electron chi connectivity index (χ1n) is 9.09. The predicted molar refractivity (Wildman–Crippen MR) is 96.6 cm³/mol. The molecule has 1 amide bonds. The smallest absolute Gasteiger partial charge is 0.292 e. The van der Waals surface area contributed by atoms with E-state index < -0.39 is 24.8 Å². The Bertz CT molecular complexity index is 1150. The minimum atomic E-state index is -2.62. The van der Waals surface area contributed by atoms with Crippen molar-refractivity contribution in [3.63, 3.8) is 0 Å². The number of carbonyl (C=O) groups is 1. The van der Waals surface area contributed by atoms with Gasteiger partial charge in [-0.1, -0.05) is 6.07 Å². The molecule has 1 atom stereocenters. The maximum absolute atomic E-state index is 13.3. The third-order valence-corrected chi connectivity index (χ3v) is 5.04. The molecule has 29 heavy (non-hydrogen) atoms. The molecule has 0 aliphatic carbocycles. The summed E-state index contributed by atoms with van der Waals surface area (Å²) < 4.78 is 32.7. The molecule has 8 nitrogen and oxygen atoms in total. The number of nitrogens with zero attached hydrogens (tertiary/aromatic N) is 5. The van der Waals surface area contributed by atoms with Crippen LogP contribution in [0.2, 0.25) is 0 Å². The number of aromatic nitrogens is 5. The Labute approximate surface area is 163 Å². The van der Waals surface area contributed by atoms with E-state index >= 15 is 0 Å². The number of amides is 1. The topological polar surface area (TPSA) is 92.3 Å². The summed E-state index contributed by atoms with van der Waals surface area (Å²) in [6, 6.07) is 6.99. The average Bonchev–Trinajstić information content (AvgIpc) is 3.44. The van der Waals surface area contributed by atoms with Gasteiger partial charge in [0, 0.05) is 24.9 Å². The normalized spacial score (nSPS) is 16.5. The number of imidazole rings is 1. The van der Waals surface area contributed by atoms with Gasteiger partial charge in [0.1, 0.15) is 6.04 Å². The molecule has 148 valence electrons. The van der Waals surface area contributed by atoms with E-state index in [1.54, 1.807) is 15.7 Å². The molecule has 5 heterocycles. The summed E-state index contributed by atoms with van der Waals surface area (Å²) in [6.45, 7) is 0.362. The molecule has 10 heteroatoms. The van der Waals surface area contributed by atoms with E-state index in [-0.39, 0.29) is 11.5 Å². The number of alkyl halides is 2. The van der Waals surface area contributed by atoms with E-state index in [2.05, 4.69) is 20.1 Å². The average molecular weight is 398 g/mol. The largest absolute Gasteiger partial charge is 0.438 e. The van der Waals surface area contributed by atoms with E-state index in [1.165, 1.54) is 0 Å². The summed E-state index contributed by atoms with van der Waals surface area (Å²) in [4.78, 5) is 26.1. The van der Waals surface area contributed by atoms with Crippen LogP contribution in [-0.2, 0) is 12.8 Å².